The molecule has 1 saturated heterocycles. The maximum Gasteiger partial charge on any atom is 0.416 e. The van der Waals surface area contributed by atoms with Crippen LogP contribution < -0.4 is 10.6 Å². The number of halogens is 6. The van der Waals surface area contributed by atoms with Crippen LogP contribution in [0.2, 0.25) is 0 Å². The third-order valence-corrected chi connectivity index (χ3v) is 9.15. The number of amides is 2. The van der Waals surface area contributed by atoms with Gasteiger partial charge in [0, 0.05) is 30.5 Å². The van der Waals surface area contributed by atoms with Crippen molar-refractivity contribution < 1.29 is 40.7 Å². The normalized spacial score (nSPS) is 21.3. The summed E-state index contributed by atoms with van der Waals surface area (Å²) in [6.07, 6.45) is -3.72. The van der Waals surface area contributed by atoms with Gasteiger partial charge in [0.25, 0.3) is 18.2 Å². The van der Waals surface area contributed by atoms with Crippen LogP contribution in [0.1, 0.15) is 77.5 Å². The van der Waals surface area contributed by atoms with Crippen LogP contribution in [0.4, 0.5) is 32.0 Å². The van der Waals surface area contributed by atoms with E-state index in [-0.39, 0.29) is 29.4 Å². The third kappa shape index (κ3) is 7.22. The fraction of sp³-hybridized carbons (Fsp3) is 0.400. The molecule has 2 heterocycles. The molecule has 3 atom stereocenters. The van der Waals surface area contributed by atoms with E-state index >= 15 is 0 Å². The largest absolute Gasteiger partial charge is 0.416 e. The second-order valence-corrected chi connectivity index (χ2v) is 12.7. The molecule has 1 aromatic heterocycles. The molecule has 250 valence electrons. The summed E-state index contributed by atoms with van der Waals surface area (Å²) < 4.78 is 87.3. The standard InChI is InChI=1S/C35H35F6N3O3/c1-19-5-10-25(44-31(45)27-13-21(16-42-29(27)30(36)37)17-43-32(46)33(3,4)38)14-23(19)15-26(28-20(2)34(28)11-12-47-18-34)22-6-8-24(9-7-22)35(39,40)41/h5-10,13-16,20,28,30H,11-12,17-18H2,1-4H3,(H,43,46)(H,44,45)/b26-15-/t20?,28-,34-/m0/s1. The van der Waals surface area contributed by atoms with E-state index in [1.807, 2.05) is 13.0 Å². The molecule has 2 N–H and O–H groups in total. The highest BCUT2D eigenvalue weighted by Crippen LogP contribution is 2.68. The van der Waals surface area contributed by atoms with Crippen LogP contribution >= 0.6 is 0 Å². The minimum Gasteiger partial charge on any atom is -0.381 e. The highest BCUT2D eigenvalue weighted by atomic mass is 19.4. The third-order valence-electron chi connectivity index (χ3n) is 9.15. The molecule has 0 radical (unpaired) electrons. The molecule has 1 saturated carbocycles. The van der Waals surface area contributed by atoms with E-state index in [0.717, 1.165) is 49.7 Å². The van der Waals surface area contributed by atoms with Crippen molar-refractivity contribution in [3.05, 3.63) is 93.8 Å². The first-order valence-corrected chi connectivity index (χ1v) is 15.1. The Morgan fingerprint density at radius 1 is 1.09 bits per heavy atom. The number of hydrogen-bond acceptors (Lipinski definition) is 4. The van der Waals surface area contributed by atoms with Crippen molar-refractivity contribution in [2.45, 2.75) is 58.9 Å². The van der Waals surface area contributed by atoms with Crippen LogP contribution in [0.15, 0.2) is 54.7 Å². The molecule has 2 amide bonds. The summed E-state index contributed by atoms with van der Waals surface area (Å²) in [6, 6.07) is 11.2. The number of alkyl halides is 6. The lowest BCUT2D eigenvalue weighted by Crippen LogP contribution is -2.38. The van der Waals surface area contributed by atoms with Gasteiger partial charge in [0.05, 0.1) is 17.7 Å². The topological polar surface area (TPSA) is 80.3 Å². The molecule has 2 aliphatic rings. The Hall–Kier alpha value is -4.19. The van der Waals surface area contributed by atoms with E-state index in [2.05, 4.69) is 22.5 Å². The zero-order chi connectivity index (χ0) is 34.3. The molecule has 3 aromatic rings. The predicted octanol–water partition coefficient (Wildman–Crippen LogP) is 8.18. The van der Waals surface area contributed by atoms with Gasteiger partial charge in [-0.3, -0.25) is 14.6 Å². The van der Waals surface area contributed by atoms with Crippen LogP contribution in [-0.2, 0) is 22.3 Å². The Kier molecular flexibility index (Phi) is 9.29. The van der Waals surface area contributed by atoms with E-state index in [4.69, 9.17) is 4.74 Å². The number of pyridine rings is 1. The van der Waals surface area contributed by atoms with Gasteiger partial charge in [-0.2, -0.15) is 13.2 Å². The number of benzene rings is 2. The van der Waals surface area contributed by atoms with E-state index in [0.29, 0.717) is 30.0 Å². The number of carbonyl (C=O) groups excluding carboxylic acids is 2. The molecule has 2 aromatic carbocycles. The first-order valence-electron chi connectivity index (χ1n) is 15.1. The van der Waals surface area contributed by atoms with Crippen molar-refractivity contribution in [3.8, 4) is 0 Å². The highest BCUT2D eigenvalue weighted by Gasteiger charge is 2.64. The number of carbonyl (C=O) groups is 2. The van der Waals surface area contributed by atoms with Crippen LogP contribution in [0.25, 0.3) is 11.6 Å². The average Bonchev–Trinajstić information content (AvgIpc) is 3.30. The van der Waals surface area contributed by atoms with Crippen LogP contribution in [-0.4, -0.2) is 35.7 Å². The number of nitrogens with zero attached hydrogens (tertiary/aromatic N) is 1. The SMILES string of the molecule is Cc1ccc(NC(=O)c2cc(CNC(=O)C(C)(C)F)cnc2C(F)F)cc1/C=C(/c1ccc(C(F)(F)F)cc1)[C@@H]1C(C)[C@@]12CCOC2. The van der Waals surface area contributed by atoms with Gasteiger partial charge in [0.2, 0.25) is 0 Å². The molecule has 5 rings (SSSR count). The van der Waals surface area contributed by atoms with Crippen molar-refractivity contribution in [2.24, 2.45) is 17.3 Å². The first-order chi connectivity index (χ1) is 22.0. The average molecular weight is 660 g/mol. The molecule has 6 nitrogen and oxygen atoms in total. The summed E-state index contributed by atoms with van der Waals surface area (Å²) in [5.41, 5.74) is -0.700. The number of ether oxygens (including phenoxy) is 1. The molecule has 1 unspecified atom stereocenters. The number of allylic oxidation sites excluding steroid dienone is 1. The quantitative estimate of drug-likeness (QED) is 0.179. The van der Waals surface area contributed by atoms with Crippen molar-refractivity contribution in [1.82, 2.24) is 10.3 Å². The maximum absolute atomic E-state index is 13.9. The van der Waals surface area contributed by atoms with Gasteiger partial charge < -0.3 is 15.4 Å². The minimum absolute atomic E-state index is 0.0326. The second kappa shape index (κ2) is 12.8. The van der Waals surface area contributed by atoms with Crippen LogP contribution in [0, 0.1) is 24.2 Å². The highest BCUT2D eigenvalue weighted by molar-refractivity contribution is 6.05. The van der Waals surface area contributed by atoms with Crippen molar-refractivity contribution in [1.29, 1.82) is 0 Å². The van der Waals surface area contributed by atoms with Gasteiger partial charge in [-0.1, -0.05) is 31.2 Å². The maximum atomic E-state index is 13.9. The molecule has 47 heavy (non-hydrogen) atoms. The summed E-state index contributed by atoms with van der Waals surface area (Å²) in [5.74, 6) is -1.52. The fourth-order valence-electron chi connectivity index (χ4n) is 6.29. The molecule has 12 heteroatoms. The number of hydrogen-bond donors (Lipinski definition) is 2. The lowest BCUT2D eigenvalue weighted by atomic mass is 9.91. The Labute approximate surface area is 268 Å². The number of aromatic nitrogens is 1. The van der Waals surface area contributed by atoms with Crippen molar-refractivity contribution >= 4 is 29.2 Å². The molecule has 1 aliphatic carbocycles. The zero-order valence-electron chi connectivity index (χ0n) is 26.3. The van der Waals surface area contributed by atoms with Gasteiger partial charge in [-0.25, -0.2) is 13.2 Å². The lowest BCUT2D eigenvalue weighted by molar-refractivity contribution is -0.137. The molecular formula is C35H35F6N3O3. The van der Waals surface area contributed by atoms with Crippen LogP contribution in [0.3, 0.4) is 0 Å². The minimum atomic E-state index is -4.47. The second-order valence-electron chi connectivity index (χ2n) is 12.7. The van der Waals surface area contributed by atoms with Crippen molar-refractivity contribution in [2.75, 3.05) is 18.5 Å². The van der Waals surface area contributed by atoms with Crippen molar-refractivity contribution in [3.63, 3.8) is 0 Å². The summed E-state index contributed by atoms with van der Waals surface area (Å²) >= 11 is 0. The number of rotatable bonds is 9. The Morgan fingerprint density at radius 2 is 1.79 bits per heavy atom. The Bertz CT molecular complexity index is 1690. The van der Waals surface area contributed by atoms with Crippen LogP contribution in [0.5, 0.6) is 0 Å². The molecular weight excluding hydrogens is 624 g/mol. The summed E-state index contributed by atoms with van der Waals surface area (Å²) in [5, 5.41) is 4.99. The first kappa shape index (κ1) is 34.2. The smallest absolute Gasteiger partial charge is 0.381 e. The zero-order valence-corrected chi connectivity index (χ0v) is 26.3. The molecule has 2 fully saturated rings. The molecule has 1 aliphatic heterocycles. The number of anilines is 1. The summed E-state index contributed by atoms with van der Waals surface area (Å²) in [7, 11) is 0. The fourth-order valence-corrected chi connectivity index (χ4v) is 6.29. The van der Waals surface area contributed by atoms with Gasteiger partial charge >= 0.3 is 6.18 Å². The van der Waals surface area contributed by atoms with E-state index in [1.54, 1.807) is 18.2 Å². The summed E-state index contributed by atoms with van der Waals surface area (Å²) in [6.45, 7) is 7.03. The van der Waals surface area contributed by atoms with Gasteiger partial charge in [0.1, 0.15) is 5.69 Å². The number of aryl methyl sites for hydroxylation is 1. The predicted molar refractivity (Wildman–Crippen MR) is 165 cm³/mol. The van der Waals surface area contributed by atoms with E-state index in [1.165, 1.54) is 18.2 Å². The van der Waals surface area contributed by atoms with E-state index < -0.39 is 46.9 Å². The monoisotopic (exact) mass is 659 g/mol. The Morgan fingerprint density at radius 3 is 2.38 bits per heavy atom. The van der Waals surface area contributed by atoms with E-state index in [9.17, 15) is 35.9 Å². The lowest BCUT2D eigenvalue weighted by Gasteiger charge is -2.16. The molecule has 1 spiro atoms. The van der Waals surface area contributed by atoms with Gasteiger partial charge in [0.15, 0.2) is 5.67 Å². The van der Waals surface area contributed by atoms with Gasteiger partial charge in [-0.05, 0) is 97.2 Å². The Balaban J connectivity index is 1.46. The summed E-state index contributed by atoms with van der Waals surface area (Å²) in [4.78, 5) is 29.0. The number of nitrogens with one attached hydrogen (secondary N) is 2. The van der Waals surface area contributed by atoms with Gasteiger partial charge in [-0.15, -0.1) is 0 Å². The molecule has 0 bridgehead atoms.